The highest BCUT2D eigenvalue weighted by Crippen LogP contribution is 2.52. The highest BCUT2D eigenvalue weighted by Gasteiger charge is 2.61. The number of nitrogens with zero attached hydrogens (tertiary/aromatic N) is 5. The quantitative estimate of drug-likeness (QED) is 0.154. The molecule has 5 unspecified atom stereocenters. The van der Waals surface area contributed by atoms with E-state index in [2.05, 4.69) is 21.0 Å². The number of carbonyl (C=O) groups excluding carboxylic acids is 3. The van der Waals surface area contributed by atoms with Crippen molar-refractivity contribution in [2.24, 2.45) is 23.2 Å². The molecular formula is C43H60N8O8. The summed E-state index contributed by atoms with van der Waals surface area (Å²) in [6.07, 6.45) is 4.05. The lowest BCUT2D eigenvalue weighted by Gasteiger charge is -2.35. The topological polar surface area (TPSA) is 189 Å². The van der Waals surface area contributed by atoms with Gasteiger partial charge in [-0.3, -0.25) is 9.59 Å². The number of carboxylic acids is 1. The van der Waals surface area contributed by atoms with E-state index in [1.54, 1.807) is 16.9 Å². The van der Waals surface area contributed by atoms with Gasteiger partial charge in [-0.2, -0.15) is 0 Å². The average molecular weight is 817 g/mol. The molecule has 3 saturated carbocycles. The Hall–Kier alpha value is -5.12. The lowest BCUT2D eigenvalue weighted by atomic mass is 9.85. The Morgan fingerprint density at radius 3 is 2.42 bits per heavy atom. The van der Waals surface area contributed by atoms with Crippen LogP contribution in [0.2, 0.25) is 0 Å². The Morgan fingerprint density at radius 1 is 1.03 bits per heavy atom. The number of nitrogens with one attached hydrogen (secondary N) is 3. The second-order valence-electron chi connectivity index (χ2n) is 18.5. The van der Waals surface area contributed by atoms with Crippen LogP contribution >= 0.6 is 0 Å². The van der Waals surface area contributed by atoms with E-state index in [1.165, 1.54) is 11.3 Å². The fraction of sp³-hybridized carbons (Fsp3) is 0.628. The first-order valence-corrected chi connectivity index (χ1v) is 21.0. The van der Waals surface area contributed by atoms with E-state index in [-0.39, 0.29) is 31.0 Å². The van der Waals surface area contributed by atoms with E-state index in [9.17, 15) is 24.3 Å². The van der Waals surface area contributed by atoms with Crippen LogP contribution in [-0.4, -0.2) is 123 Å². The van der Waals surface area contributed by atoms with E-state index >= 15 is 0 Å². The average Bonchev–Trinajstić information content (AvgIpc) is 3.83. The number of fused-ring (bicyclic) bond motifs is 2. The lowest BCUT2D eigenvalue weighted by molar-refractivity contribution is -0.146. The van der Waals surface area contributed by atoms with Crippen molar-refractivity contribution in [3.05, 3.63) is 36.5 Å². The van der Waals surface area contributed by atoms with Crippen molar-refractivity contribution in [2.45, 2.75) is 116 Å². The molecule has 1 aromatic carbocycles. The summed E-state index contributed by atoms with van der Waals surface area (Å²) >= 11 is 0. The second-order valence-corrected chi connectivity index (χ2v) is 18.5. The van der Waals surface area contributed by atoms with Gasteiger partial charge in [-0.25, -0.2) is 19.3 Å². The van der Waals surface area contributed by atoms with Crippen LogP contribution in [0, 0.1) is 23.2 Å². The summed E-state index contributed by atoms with van der Waals surface area (Å²) in [5.74, 6) is 1.07. The zero-order valence-corrected chi connectivity index (χ0v) is 35.5. The molecule has 3 heterocycles. The molecule has 1 saturated heterocycles. The Kier molecular flexibility index (Phi) is 11.8. The maximum Gasteiger partial charge on any atom is 0.408 e. The normalized spacial score (nSPS) is 26.4. The van der Waals surface area contributed by atoms with E-state index in [4.69, 9.17) is 19.2 Å². The number of likely N-dealkylation sites (tertiary alicyclic amines) is 1. The van der Waals surface area contributed by atoms with E-state index in [1.807, 2.05) is 84.8 Å². The van der Waals surface area contributed by atoms with Gasteiger partial charge in [0.25, 0.3) is 0 Å². The lowest BCUT2D eigenvalue weighted by Crippen LogP contribution is -2.59. The van der Waals surface area contributed by atoms with Gasteiger partial charge in [-0.05, 0) is 88.9 Å². The highest BCUT2D eigenvalue weighted by molar-refractivity contribution is 5.96. The Balaban J connectivity index is 1.19. The summed E-state index contributed by atoms with van der Waals surface area (Å²) in [7, 11) is 3.95. The minimum Gasteiger partial charge on any atom is -0.492 e. The van der Waals surface area contributed by atoms with Crippen LogP contribution in [-0.2, 0) is 19.1 Å². The van der Waals surface area contributed by atoms with Gasteiger partial charge in [0.15, 0.2) is 5.82 Å². The molecule has 0 spiro atoms. The molecule has 16 nitrogen and oxygen atoms in total. The van der Waals surface area contributed by atoms with Crippen molar-refractivity contribution in [1.29, 1.82) is 0 Å². The fourth-order valence-electron chi connectivity index (χ4n) is 8.66. The molecular weight excluding hydrogens is 757 g/mol. The van der Waals surface area contributed by atoms with Crippen LogP contribution in [0.4, 0.5) is 10.6 Å². The zero-order chi connectivity index (χ0) is 42.4. The molecule has 59 heavy (non-hydrogen) atoms. The third-order valence-corrected chi connectivity index (χ3v) is 12.1. The molecule has 4 N–H and O–H groups in total. The highest BCUT2D eigenvalue weighted by atomic mass is 16.6. The van der Waals surface area contributed by atoms with Crippen molar-refractivity contribution in [3.63, 3.8) is 0 Å². The van der Waals surface area contributed by atoms with Gasteiger partial charge in [0, 0.05) is 48.8 Å². The first-order chi connectivity index (χ1) is 27.9. The number of hydrogen-bond donors (Lipinski definition) is 4. The fourth-order valence-corrected chi connectivity index (χ4v) is 8.66. The third-order valence-electron chi connectivity index (χ3n) is 12.1. The Bertz CT molecular complexity index is 2050. The van der Waals surface area contributed by atoms with E-state index in [0.717, 1.165) is 19.4 Å². The zero-order valence-electron chi connectivity index (χ0n) is 35.5. The smallest absolute Gasteiger partial charge is 0.408 e. The number of hydrogen-bond acceptors (Lipinski definition) is 11. The molecule has 16 heteroatoms. The van der Waals surface area contributed by atoms with Crippen LogP contribution in [0.5, 0.6) is 11.5 Å². The van der Waals surface area contributed by atoms with Crippen LogP contribution in [0.3, 0.4) is 0 Å². The molecule has 4 fully saturated rings. The molecule has 0 bridgehead atoms. The summed E-state index contributed by atoms with van der Waals surface area (Å²) in [6, 6.07) is 7.24. The molecule has 0 radical (unpaired) electrons. The molecule has 2 aromatic heterocycles. The molecule has 3 amide bonds. The third kappa shape index (κ3) is 9.37. The number of amides is 3. The Morgan fingerprint density at radius 2 is 1.78 bits per heavy atom. The summed E-state index contributed by atoms with van der Waals surface area (Å²) in [5, 5.41) is 24.5. The number of aliphatic carboxylic acids is 1. The monoisotopic (exact) mass is 816 g/mol. The number of anilines is 1. The predicted molar refractivity (Wildman–Crippen MR) is 221 cm³/mol. The SMILES string of the molecule is CCC1C[C@]1(NC(=O)C1CC(Oc2cc(-n3ccc(NC(C)C)n3)nc3cc(OCCN(C)C)ccc23)CN1C(=O)C(NC(=O)OC1C[C@@H]2C[C@@H]2C1)C(C)(C)C)C(=O)O. The van der Waals surface area contributed by atoms with Crippen molar-refractivity contribution >= 4 is 40.6 Å². The molecule has 1 aliphatic heterocycles. The van der Waals surface area contributed by atoms with Gasteiger partial charge >= 0.3 is 12.1 Å². The first kappa shape index (κ1) is 42.0. The van der Waals surface area contributed by atoms with Gasteiger partial charge in [0.1, 0.15) is 53.8 Å². The number of carbonyl (C=O) groups is 4. The number of ether oxygens (including phenoxy) is 3. The number of alkyl carbamates (subject to hydrolysis) is 1. The van der Waals surface area contributed by atoms with Gasteiger partial charge < -0.3 is 45.1 Å². The number of benzene rings is 1. The van der Waals surface area contributed by atoms with Crippen molar-refractivity contribution in [2.75, 3.05) is 39.1 Å². The summed E-state index contributed by atoms with van der Waals surface area (Å²) in [4.78, 5) is 63.1. The summed E-state index contributed by atoms with van der Waals surface area (Å²) < 4.78 is 20.2. The first-order valence-electron chi connectivity index (χ1n) is 21.0. The van der Waals surface area contributed by atoms with Gasteiger partial charge in [-0.1, -0.05) is 34.1 Å². The largest absolute Gasteiger partial charge is 0.492 e. The Labute approximate surface area is 345 Å². The molecule has 3 aliphatic carbocycles. The number of carboxylic acid groups (broad SMARTS) is 1. The van der Waals surface area contributed by atoms with Gasteiger partial charge in [-0.15, -0.1) is 5.10 Å². The van der Waals surface area contributed by atoms with Crippen LogP contribution < -0.4 is 25.4 Å². The number of rotatable bonds is 16. The summed E-state index contributed by atoms with van der Waals surface area (Å²) in [6.45, 7) is 12.7. The second kappa shape index (κ2) is 16.5. The van der Waals surface area contributed by atoms with E-state index in [0.29, 0.717) is 65.3 Å². The molecule has 7 rings (SSSR count). The molecule has 320 valence electrons. The number of aromatic nitrogens is 3. The molecule has 8 atom stereocenters. The van der Waals surface area contributed by atoms with Crippen LogP contribution in [0.15, 0.2) is 36.5 Å². The maximum atomic E-state index is 14.7. The van der Waals surface area contributed by atoms with E-state index < -0.39 is 53.0 Å². The van der Waals surface area contributed by atoms with Crippen molar-refractivity contribution < 1.29 is 38.5 Å². The predicted octanol–water partition coefficient (Wildman–Crippen LogP) is 4.84. The number of likely N-dealkylation sites (N-methyl/N-ethyl adjacent to an activating group) is 1. The summed E-state index contributed by atoms with van der Waals surface area (Å²) in [5.41, 5.74) is -1.58. The van der Waals surface area contributed by atoms with Gasteiger partial charge in [0.05, 0.1) is 12.1 Å². The standard InChI is InChI=1S/C43H60N8O8/c1-9-27-22-43(27,40(54)55)47-38(52)33-20-30(23-50(33)39(53)37(42(4,5)6)46-41(56)59-29-17-25-16-26(25)18-29)58-34-21-36(51-13-12-35(48-51)44-24(2)3)45-32-19-28(10-11-31(32)34)57-15-14-49(7)8/h10-13,19,21,24-27,29-30,33,37H,9,14-18,20,22-23H2,1-8H3,(H,44,48)(H,46,56)(H,47,52)(H,54,55)/t25-,26+,27?,29?,30?,33?,37?,43-/m1/s1. The van der Waals surface area contributed by atoms with Gasteiger partial charge in [0.2, 0.25) is 11.8 Å². The van der Waals surface area contributed by atoms with Crippen molar-refractivity contribution in [1.82, 2.24) is 35.2 Å². The van der Waals surface area contributed by atoms with Crippen LogP contribution in [0.25, 0.3) is 16.7 Å². The van der Waals surface area contributed by atoms with Crippen LogP contribution in [0.1, 0.15) is 80.1 Å². The van der Waals surface area contributed by atoms with Crippen molar-refractivity contribution in [3.8, 4) is 17.3 Å². The molecule has 4 aliphatic rings. The number of pyridine rings is 1. The minimum absolute atomic E-state index is 0.00139. The maximum absolute atomic E-state index is 14.7. The minimum atomic E-state index is -1.40. The molecule has 3 aromatic rings.